The monoisotopic (exact) mass is 429 g/mol. The predicted octanol–water partition coefficient (Wildman–Crippen LogP) is 4.39. The minimum absolute atomic E-state index is 0.0759. The van der Waals surface area contributed by atoms with Crippen molar-refractivity contribution in [1.82, 2.24) is 14.8 Å². The van der Waals surface area contributed by atoms with Crippen LogP contribution in [0.4, 0.5) is 11.4 Å². The molecule has 0 unspecified atom stereocenters. The molecule has 0 spiro atoms. The zero-order chi connectivity index (χ0) is 20.8. The summed E-state index contributed by atoms with van der Waals surface area (Å²) in [5, 5.41) is 24.7. The van der Waals surface area contributed by atoms with Crippen molar-refractivity contribution in [2.45, 2.75) is 25.0 Å². The number of thioether (sulfide) groups is 1. The molecule has 0 aliphatic heterocycles. The molecule has 0 atom stereocenters. The van der Waals surface area contributed by atoms with Gasteiger partial charge < -0.3 is 5.32 Å². The Morgan fingerprint density at radius 3 is 2.93 bits per heavy atom. The molecule has 0 saturated heterocycles. The zero-order valence-corrected chi connectivity index (χ0v) is 17.3. The molecule has 0 bridgehead atoms. The maximum absolute atomic E-state index is 12.3. The highest BCUT2D eigenvalue weighted by atomic mass is 32.2. The van der Waals surface area contributed by atoms with E-state index in [-0.39, 0.29) is 17.3 Å². The number of anilines is 1. The highest BCUT2D eigenvalue weighted by molar-refractivity contribution is 7.99. The van der Waals surface area contributed by atoms with E-state index in [9.17, 15) is 14.9 Å². The highest BCUT2D eigenvalue weighted by Crippen LogP contribution is 2.28. The van der Waals surface area contributed by atoms with Crippen LogP contribution in [0.15, 0.2) is 53.5 Å². The van der Waals surface area contributed by atoms with Crippen LogP contribution in [0.2, 0.25) is 0 Å². The molecule has 0 aliphatic rings. The summed E-state index contributed by atoms with van der Waals surface area (Å²) in [7, 11) is 0. The van der Waals surface area contributed by atoms with Crippen LogP contribution < -0.4 is 5.32 Å². The Hall–Kier alpha value is -2.98. The summed E-state index contributed by atoms with van der Waals surface area (Å²) < 4.78 is 1.92. The van der Waals surface area contributed by atoms with Gasteiger partial charge in [0, 0.05) is 40.2 Å². The second-order valence-electron chi connectivity index (χ2n) is 6.00. The maximum Gasteiger partial charge on any atom is 0.271 e. The fourth-order valence-corrected chi connectivity index (χ4v) is 4.17. The van der Waals surface area contributed by atoms with Gasteiger partial charge in [0.2, 0.25) is 5.91 Å². The van der Waals surface area contributed by atoms with Crippen molar-refractivity contribution in [1.29, 1.82) is 0 Å². The minimum Gasteiger partial charge on any atom is -0.325 e. The van der Waals surface area contributed by atoms with Gasteiger partial charge in [-0.25, -0.2) is 0 Å². The van der Waals surface area contributed by atoms with Crippen molar-refractivity contribution < 1.29 is 9.72 Å². The molecule has 0 aliphatic carbocycles. The summed E-state index contributed by atoms with van der Waals surface area (Å²) in [6, 6.07) is 7.92. The molecule has 150 valence electrons. The van der Waals surface area contributed by atoms with E-state index in [1.807, 2.05) is 9.95 Å². The van der Waals surface area contributed by atoms with Gasteiger partial charge in [-0.2, -0.15) is 0 Å². The first kappa shape index (κ1) is 20.7. The van der Waals surface area contributed by atoms with Crippen LogP contribution in [0.1, 0.15) is 11.8 Å². The highest BCUT2D eigenvalue weighted by Gasteiger charge is 2.16. The van der Waals surface area contributed by atoms with Gasteiger partial charge in [0.05, 0.1) is 10.7 Å². The van der Waals surface area contributed by atoms with E-state index >= 15 is 0 Å². The van der Waals surface area contributed by atoms with Crippen molar-refractivity contribution in [2.24, 2.45) is 0 Å². The number of allylic oxidation sites excluding steroid dienone is 1. The standard InChI is InChI=1S/C19H19N5O3S2/c1-3-8-23-18(13-9-16(4-2)28-11-13)21-22-19(23)29-12-17(25)20-14-6-5-7-15(10-14)24(26)27/h3,5-7,9-11H,1,4,8,12H2,2H3,(H,20,25). The number of non-ortho nitro benzene ring substituents is 1. The molecule has 3 rings (SSSR count). The Labute approximate surface area is 175 Å². The van der Waals surface area contributed by atoms with Gasteiger partial charge in [-0.1, -0.05) is 30.8 Å². The van der Waals surface area contributed by atoms with Crippen LogP contribution in [0, 0.1) is 10.1 Å². The summed E-state index contributed by atoms with van der Waals surface area (Å²) in [6.45, 7) is 6.41. The number of hydrogen-bond donors (Lipinski definition) is 1. The van der Waals surface area contributed by atoms with Crippen molar-refractivity contribution in [3.63, 3.8) is 0 Å². The zero-order valence-electron chi connectivity index (χ0n) is 15.7. The first-order valence-corrected chi connectivity index (χ1v) is 10.7. The normalized spacial score (nSPS) is 10.7. The van der Waals surface area contributed by atoms with Crippen LogP contribution in [0.3, 0.4) is 0 Å². The van der Waals surface area contributed by atoms with Crippen molar-refractivity contribution in [2.75, 3.05) is 11.1 Å². The Morgan fingerprint density at radius 1 is 1.41 bits per heavy atom. The van der Waals surface area contributed by atoms with Gasteiger partial charge >= 0.3 is 0 Å². The number of nitrogens with one attached hydrogen (secondary N) is 1. The summed E-state index contributed by atoms with van der Waals surface area (Å²) in [5.41, 5.74) is 1.30. The number of hydrogen-bond acceptors (Lipinski definition) is 7. The number of carbonyl (C=O) groups excluding carboxylic acids is 1. The van der Waals surface area contributed by atoms with E-state index in [4.69, 9.17) is 0 Å². The third-order valence-corrected chi connectivity index (χ3v) is 6.01. The number of amides is 1. The van der Waals surface area contributed by atoms with E-state index in [0.29, 0.717) is 17.4 Å². The van der Waals surface area contributed by atoms with Gasteiger partial charge in [-0.05, 0) is 18.6 Å². The molecule has 3 aromatic rings. The molecule has 1 N–H and O–H groups in total. The number of thiophene rings is 1. The number of benzene rings is 1. The lowest BCUT2D eigenvalue weighted by molar-refractivity contribution is -0.384. The van der Waals surface area contributed by atoms with Crippen LogP contribution in [-0.4, -0.2) is 31.3 Å². The average molecular weight is 430 g/mol. The first-order valence-electron chi connectivity index (χ1n) is 8.80. The molecule has 1 aromatic carbocycles. The molecule has 29 heavy (non-hydrogen) atoms. The van der Waals surface area contributed by atoms with Gasteiger partial charge in [0.25, 0.3) is 5.69 Å². The van der Waals surface area contributed by atoms with Crippen molar-refractivity contribution >= 4 is 40.4 Å². The van der Waals surface area contributed by atoms with Crippen molar-refractivity contribution in [3.05, 3.63) is 63.4 Å². The van der Waals surface area contributed by atoms with E-state index in [1.165, 1.54) is 34.8 Å². The third kappa shape index (κ3) is 5.09. The Kier molecular flexibility index (Phi) is 6.78. The lowest BCUT2D eigenvalue weighted by Crippen LogP contribution is -2.14. The first-order chi connectivity index (χ1) is 14.0. The number of rotatable bonds is 9. The summed E-state index contributed by atoms with van der Waals surface area (Å²) in [6.07, 6.45) is 2.72. The summed E-state index contributed by atoms with van der Waals surface area (Å²) >= 11 is 2.93. The van der Waals surface area contributed by atoms with Crippen molar-refractivity contribution in [3.8, 4) is 11.4 Å². The van der Waals surface area contributed by atoms with Gasteiger partial charge in [-0.3, -0.25) is 19.5 Å². The topological polar surface area (TPSA) is 103 Å². The van der Waals surface area contributed by atoms with Crippen LogP contribution >= 0.6 is 23.1 Å². The lowest BCUT2D eigenvalue weighted by Gasteiger charge is -2.07. The van der Waals surface area contributed by atoms with Gasteiger partial charge in [-0.15, -0.1) is 28.1 Å². The molecular weight excluding hydrogens is 410 g/mol. The van der Waals surface area contributed by atoms with Crippen LogP contribution in [0.25, 0.3) is 11.4 Å². The molecule has 2 heterocycles. The molecule has 8 nitrogen and oxygen atoms in total. The average Bonchev–Trinajstić information content (AvgIpc) is 3.33. The number of nitro benzene ring substituents is 1. The van der Waals surface area contributed by atoms with E-state index in [2.05, 4.69) is 35.1 Å². The largest absolute Gasteiger partial charge is 0.325 e. The van der Waals surface area contributed by atoms with Crippen LogP contribution in [0.5, 0.6) is 0 Å². The molecule has 2 aromatic heterocycles. The molecule has 0 saturated carbocycles. The molecule has 0 fully saturated rings. The Bertz CT molecular complexity index is 1040. The Morgan fingerprint density at radius 2 is 2.24 bits per heavy atom. The number of aryl methyl sites for hydroxylation is 1. The second kappa shape index (κ2) is 9.48. The fraction of sp³-hybridized carbons (Fsp3) is 0.211. The number of carbonyl (C=O) groups is 1. The molecule has 10 heteroatoms. The molecule has 1 amide bonds. The fourth-order valence-electron chi connectivity index (χ4n) is 2.61. The van der Waals surface area contributed by atoms with E-state index in [0.717, 1.165) is 17.8 Å². The lowest BCUT2D eigenvalue weighted by atomic mass is 10.2. The van der Waals surface area contributed by atoms with E-state index in [1.54, 1.807) is 23.5 Å². The second-order valence-corrected chi connectivity index (χ2v) is 7.94. The minimum atomic E-state index is -0.502. The maximum atomic E-state index is 12.3. The predicted molar refractivity (Wildman–Crippen MR) is 115 cm³/mol. The Balaban J connectivity index is 1.70. The summed E-state index contributed by atoms with van der Waals surface area (Å²) in [4.78, 5) is 23.9. The molecular formula is C19H19N5O3S2. The quantitative estimate of drug-likeness (QED) is 0.234. The third-order valence-electron chi connectivity index (χ3n) is 3.96. The number of aromatic nitrogens is 3. The van der Waals surface area contributed by atoms with E-state index < -0.39 is 4.92 Å². The number of nitro groups is 1. The van der Waals surface area contributed by atoms with Gasteiger partial charge in [0.1, 0.15) is 0 Å². The summed E-state index contributed by atoms with van der Waals surface area (Å²) in [5.74, 6) is 0.554. The van der Waals surface area contributed by atoms with Crippen LogP contribution in [-0.2, 0) is 17.8 Å². The van der Waals surface area contributed by atoms with Gasteiger partial charge in [0.15, 0.2) is 11.0 Å². The number of nitrogens with zero attached hydrogens (tertiary/aromatic N) is 4. The molecule has 0 radical (unpaired) electrons. The SMILES string of the molecule is C=CCn1c(SCC(=O)Nc2cccc([N+](=O)[O-])c2)nnc1-c1csc(CC)c1. The smallest absolute Gasteiger partial charge is 0.271 e.